The summed E-state index contributed by atoms with van der Waals surface area (Å²) in [6.45, 7) is 2.99. The van der Waals surface area contributed by atoms with Crippen molar-refractivity contribution in [2.24, 2.45) is 5.73 Å². The first-order chi connectivity index (χ1) is 7.22. The van der Waals surface area contributed by atoms with Gasteiger partial charge in [-0.3, -0.25) is 0 Å². The third-order valence-corrected chi connectivity index (χ3v) is 4.61. The SMILES string of the molecule is CSc1ccc(C2(CN)CCC2)cc1C. The highest BCUT2D eigenvalue weighted by molar-refractivity contribution is 7.98. The fourth-order valence-corrected chi connectivity index (χ4v) is 3.01. The Morgan fingerprint density at radius 3 is 2.53 bits per heavy atom. The van der Waals surface area contributed by atoms with Crippen molar-refractivity contribution in [2.45, 2.75) is 36.5 Å². The van der Waals surface area contributed by atoms with Crippen LogP contribution in [0.2, 0.25) is 0 Å². The molecule has 2 heteroatoms. The zero-order chi connectivity index (χ0) is 10.9. The van der Waals surface area contributed by atoms with Crippen molar-refractivity contribution >= 4 is 11.8 Å². The topological polar surface area (TPSA) is 26.0 Å². The molecular formula is C13H19NS. The van der Waals surface area contributed by atoms with Crippen LogP contribution < -0.4 is 5.73 Å². The van der Waals surface area contributed by atoms with E-state index in [0.29, 0.717) is 5.41 Å². The fraction of sp³-hybridized carbons (Fsp3) is 0.538. The molecule has 1 aliphatic rings. The standard InChI is InChI=1S/C13H19NS/c1-10-8-11(4-5-12(10)15-2)13(9-14)6-3-7-13/h4-5,8H,3,6-7,9,14H2,1-2H3. The van der Waals surface area contributed by atoms with Crippen molar-refractivity contribution in [1.82, 2.24) is 0 Å². The quantitative estimate of drug-likeness (QED) is 0.794. The molecule has 1 aromatic carbocycles. The van der Waals surface area contributed by atoms with Crippen LogP contribution in [0.5, 0.6) is 0 Å². The van der Waals surface area contributed by atoms with Crippen LogP contribution in [0, 0.1) is 6.92 Å². The van der Waals surface area contributed by atoms with Gasteiger partial charge in [0.1, 0.15) is 0 Å². The second-order valence-corrected chi connectivity index (χ2v) is 5.37. The molecule has 82 valence electrons. The fourth-order valence-electron chi connectivity index (χ4n) is 2.42. The maximum absolute atomic E-state index is 5.92. The summed E-state index contributed by atoms with van der Waals surface area (Å²) >= 11 is 1.82. The van der Waals surface area contributed by atoms with E-state index < -0.39 is 0 Å². The molecule has 1 nitrogen and oxygen atoms in total. The van der Waals surface area contributed by atoms with Crippen LogP contribution in [-0.4, -0.2) is 12.8 Å². The maximum atomic E-state index is 5.92. The first-order valence-corrected chi connectivity index (χ1v) is 6.79. The number of hydrogen-bond acceptors (Lipinski definition) is 2. The van der Waals surface area contributed by atoms with Crippen LogP contribution >= 0.6 is 11.8 Å². The van der Waals surface area contributed by atoms with Crippen LogP contribution in [-0.2, 0) is 5.41 Å². The molecule has 0 radical (unpaired) electrons. The molecule has 2 rings (SSSR count). The molecule has 1 saturated carbocycles. The lowest BCUT2D eigenvalue weighted by Crippen LogP contribution is -2.41. The lowest BCUT2D eigenvalue weighted by molar-refractivity contribution is 0.253. The summed E-state index contributed by atoms with van der Waals surface area (Å²) in [6.07, 6.45) is 5.99. The van der Waals surface area contributed by atoms with E-state index in [1.807, 2.05) is 11.8 Å². The van der Waals surface area contributed by atoms with E-state index in [4.69, 9.17) is 5.73 Å². The van der Waals surface area contributed by atoms with Gasteiger partial charge in [0, 0.05) is 16.9 Å². The molecule has 0 unspecified atom stereocenters. The van der Waals surface area contributed by atoms with Crippen LogP contribution in [0.3, 0.4) is 0 Å². The summed E-state index contributed by atoms with van der Waals surface area (Å²) < 4.78 is 0. The van der Waals surface area contributed by atoms with Gasteiger partial charge in [0.2, 0.25) is 0 Å². The van der Waals surface area contributed by atoms with Crippen LogP contribution in [0.1, 0.15) is 30.4 Å². The van der Waals surface area contributed by atoms with Crippen LogP contribution in [0.25, 0.3) is 0 Å². The lowest BCUT2D eigenvalue weighted by Gasteiger charge is -2.41. The summed E-state index contributed by atoms with van der Waals surface area (Å²) in [6, 6.07) is 6.84. The van der Waals surface area contributed by atoms with Gasteiger partial charge in [-0.15, -0.1) is 11.8 Å². The Morgan fingerprint density at radius 2 is 2.13 bits per heavy atom. The first-order valence-electron chi connectivity index (χ1n) is 5.57. The molecule has 1 aromatic rings. The summed E-state index contributed by atoms with van der Waals surface area (Å²) in [4.78, 5) is 1.38. The van der Waals surface area contributed by atoms with Crippen molar-refractivity contribution in [3.63, 3.8) is 0 Å². The van der Waals surface area contributed by atoms with Crippen molar-refractivity contribution in [2.75, 3.05) is 12.8 Å². The van der Waals surface area contributed by atoms with Crippen molar-refractivity contribution < 1.29 is 0 Å². The Kier molecular flexibility index (Phi) is 3.08. The lowest BCUT2D eigenvalue weighted by atomic mass is 9.64. The Morgan fingerprint density at radius 1 is 1.40 bits per heavy atom. The molecule has 0 heterocycles. The maximum Gasteiger partial charge on any atom is 0.00985 e. The molecule has 0 aliphatic heterocycles. The summed E-state index contributed by atoms with van der Waals surface area (Å²) in [5, 5.41) is 0. The van der Waals surface area contributed by atoms with Gasteiger partial charge in [-0.2, -0.15) is 0 Å². The molecule has 0 saturated heterocycles. The number of nitrogens with two attached hydrogens (primary N) is 1. The van der Waals surface area contributed by atoms with E-state index in [2.05, 4.69) is 31.4 Å². The third-order valence-electron chi connectivity index (χ3n) is 3.71. The highest BCUT2D eigenvalue weighted by Crippen LogP contribution is 2.43. The molecule has 0 bridgehead atoms. The normalized spacial score (nSPS) is 18.6. The molecule has 0 amide bonds. The molecule has 0 spiro atoms. The number of rotatable bonds is 3. The van der Waals surface area contributed by atoms with E-state index in [9.17, 15) is 0 Å². The minimum absolute atomic E-state index is 0.307. The monoisotopic (exact) mass is 221 g/mol. The van der Waals surface area contributed by atoms with Gasteiger partial charge in [0.25, 0.3) is 0 Å². The van der Waals surface area contributed by atoms with Gasteiger partial charge >= 0.3 is 0 Å². The Bertz CT molecular complexity index is 350. The predicted molar refractivity (Wildman–Crippen MR) is 67.5 cm³/mol. The minimum atomic E-state index is 0.307. The van der Waals surface area contributed by atoms with Gasteiger partial charge < -0.3 is 5.73 Å². The molecule has 1 fully saturated rings. The summed E-state index contributed by atoms with van der Waals surface area (Å²) in [5.41, 5.74) is 9.06. The number of benzene rings is 1. The summed E-state index contributed by atoms with van der Waals surface area (Å²) in [7, 11) is 0. The van der Waals surface area contributed by atoms with Gasteiger partial charge in [-0.05, 0) is 43.2 Å². The number of hydrogen-bond donors (Lipinski definition) is 1. The second-order valence-electron chi connectivity index (χ2n) is 4.52. The molecule has 0 atom stereocenters. The Hall–Kier alpha value is -0.470. The molecule has 1 aliphatic carbocycles. The van der Waals surface area contributed by atoms with Crippen LogP contribution in [0.15, 0.2) is 23.1 Å². The highest BCUT2D eigenvalue weighted by atomic mass is 32.2. The minimum Gasteiger partial charge on any atom is -0.330 e. The van der Waals surface area contributed by atoms with Crippen molar-refractivity contribution in [3.8, 4) is 0 Å². The third kappa shape index (κ3) is 1.81. The van der Waals surface area contributed by atoms with Crippen LogP contribution in [0.4, 0.5) is 0 Å². The van der Waals surface area contributed by atoms with E-state index in [1.165, 1.54) is 35.3 Å². The molecule has 2 N–H and O–H groups in total. The highest BCUT2D eigenvalue weighted by Gasteiger charge is 2.37. The van der Waals surface area contributed by atoms with E-state index >= 15 is 0 Å². The van der Waals surface area contributed by atoms with Gasteiger partial charge in [0.15, 0.2) is 0 Å². The predicted octanol–water partition coefficient (Wildman–Crippen LogP) is 3.10. The van der Waals surface area contributed by atoms with Gasteiger partial charge in [-0.1, -0.05) is 18.6 Å². The second kappa shape index (κ2) is 4.18. The van der Waals surface area contributed by atoms with E-state index in [-0.39, 0.29) is 0 Å². The molecule has 0 aromatic heterocycles. The van der Waals surface area contributed by atoms with Crippen molar-refractivity contribution in [3.05, 3.63) is 29.3 Å². The van der Waals surface area contributed by atoms with Crippen molar-refractivity contribution in [1.29, 1.82) is 0 Å². The average molecular weight is 221 g/mol. The Labute approximate surface area is 96.4 Å². The van der Waals surface area contributed by atoms with E-state index in [0.717, 1.165) is 6.54 Å². The molecule has 15 heavy (non-hydrogen) atoms. The smallest absolute Gasteiger partial charge is 0.00985 e. The van der Waals surface area contributed by atoms with E-state index in [1.54, 1.807) is 0 Å². The first kappa shape index (κ1) is 11.0. The Balaban J connectivity index is 2.33. The van der Waals surface area contributed by atoms with Gasteiger partial charge in [-0.25, -0.2) is 0 Å². The zero-order valence-corrected chi connectivity index (χ0v) is 10.4. The van der Waals surface area contributed by atoms with Gasteiger partial charge in [0.05, 0.1) is 0 Å². The average Bonchev–Trinajstić information content (AvgIpc) is 2.17. The molecular weight excluding hydrogens is 202 g/mol. The zero-order valence-electron chi connectivity index (χ0n) is 9.55. The number of thioether (sulfide) groups is 1. The number of aryl methyl sites for hydroxylation is 1. The largest absolute Gasteiger partial charge is 0.330 e. The summed E-state index contributed by atoms with van der Waals surface area (Å²) in [5.74, 6) is 0.